The molecule has 0 aliphatic rings. The Bertz CT molecular complexity index is 509. The van der Waals surface area contributed by atoms with Gasteiger partial charge in [-0.05, 0) is 25.1 Å². The van der Waals surface area contributed by atoms with E-state index in [1.165, 1.54) is 19.3 Å². The molecule has 0 bridgehead atoms. The number of nitrogens with one attached hydrogen (secondary N) is 1. The second kappa shape index (κ2) is 7.31. The number of rotatable bonds is 6. The monoisotopic (exact) mass is 263 g/mol. The maximum Gasteiger partial charge on any atom is 0.142 e. The van der Waals surface area contributed by atoms with Gasteiger partial charge in [0.05, 0.1) is 7.11 Å². The lowest BCUT2D eigenvalue weighted by molar-refractivity contribution is 0.308. The van der Waals surface area contributed by atoms with E-state index in [-0.39, 0.29) is 0 Å². The largest absolute Gasteiger partial charge is 0.497 e. The third-order valence-electron chi connectivity index (χ3n) is 2.37. The molecule has 1 aromatic rings. The van der Waals surface area contributed by atoms with Crippen molar-refractivity contribution in [3.8, 4) is 0 Å². The van der Waals surface area contributed by atoms with Gasteiger partial charge in [0, 0.05) is 18.3 Å². The number of allylic oxidation sites excluding steroid dienone is 4. The Morgan fingerprint density at radius 2 is 2.26 bits per heavy atom. The van der Waals surface area contributed by atoms with Crippen molar-refractivity contribution in [2.24, 2.45) is 0 Å². The molecule has 0 aliphatic heterocycles. The number of hydrogen-bond donors (Lipinski definition) is 1. The molecule has 0 radical (unpaired) electrons. The maximum atomic E-state index is 13.8. The molecule has 1 aromatic heterocycles. The summed E-state index contributed by atoms with van der Waals surface area (Å²) in [5.41, 5.74) is 0.362. The van der Waals surface area contributed by atoms with Gasteiger partial charge in [-0.2, -0.15) is 0 Å². The van der Waals surface area contributed by atoms with Crippen molar-refractivity contribution >= 4 is 5.82 Å². The summed E-state index contributed by atoms with van der Waals surface area (Å²) in [6, 6.07) is 1.69. The normalized spacial score (nSPS) is 12.2. The number of nitrogens with zero attached hydrogens (tertiary/aromatic N) is 2. The Morgan fingerprint density at radius 3 is 2.89 bits per heavy atom. The summed E-state index contributed by atoms with van der Waals surface area (Å²) in [6.45, 7) is 7.16. The molecule has 0 unspecified atom stereocenters. The fourth-order valence-corrected chi connectivity index (χ4v) is 1.25. The molecule has 0 saturated heterocycles. The zero-order valence-corrected chi connectivity index (χ0v) is 11.4. The van der Waals surface area contributed by atoms with Crippen LogP contribution in [-0.4, -0.2) is 17.1 Å². The van der Waals surface area contributed by atoms with Gasteiger partial charge in [0.2, 0.25) is 0 Å². The smallest absolute Gasteiger partial charge is 0.142 e. The molecular weight excluding hydrogens is 245 g/mol. The van der Waals surface area contributed by atoms with Crippen molar-refractivity contribution in [1.29, 1.82) is 0 Å². The summed E-state index contributed by atoms with van der Waals surface area (Å²) in [5.74, 6) is 1.26. The summed E-state index contributed by atoms with van der Waals surface area (Å²) < 4.78 is 18.6. The minimum absolute atomic E-state index is 0.362. The first-order valence-corrected chi connectivity index (χ1v) is 5.93. The zero-order chi connectivity index (χ0) is 14.3. The first-order valence-electron chi connectivity index (χ1n) is 5.93. The topological polar surface area (TPSA) is 47.0 Å². The van der Waals surface area contributed by atoms with Gasteiger partial charge < -0.3 is 10.1 Å². The van der Waals surface area contributed by atoms with Gasteiger partial charge in [0.15, 0.2) is 0 Å². The molecule has 5 heteroatoms. The van der Waals surface area contributed by atoms with Crippen molar-refractivity contribution in [3.63, 3.8) is 0 Å². The van der Waals surface area contributed by atoms with E-state index in [1.54, 1.807) is 19.2 Å². The zero-order valence-electron chi connectivity index (χ0n) is 11.4. The fourth-order valence-electron chi connectivity index (χ4n) is 1.25. The lowest BCUT2D eigenvalue weighted by atomic mass is 10.3. The van der Waals surface area contributed by atoms with Gasteiger partial charge in [-0.3, -0.25) is 0 Å². The summed E-state index contributed by atoms with van der Waals surface area (Å²) in [5, 5.41) is 2.89. The van der Waals surface area contributed by atoms with Crippen LogP contribution < -0.4 is 5.32 Å². The van der Waals surface area contributed by atoms with E-state index in [0.29, 0.717) is 23.1 Å². The van der Waals surface area contributed by atoms with Gasteiger partial charge >= 0.3 is 0 Å². The molecule has 1 N–H and O–H groups in total. The number of hydrogen-bond acceptors (Lipinski definition) is 4. The molecule has 102 valence electrons. The van der Waals surface area contributed by atoms with E-state index in [0.717, 1.165) is 6.42 Å². The lowest BCUT2D eigenvalue weighted by Crippen LogP contribution is -2.02. The number of aryl methyl sites for hydroxylation is 1. The second-order valence-electron chi connectivity index (χ2n) is 3.81. The van der Waals surface area contributed by atoms with Crippen molar-refractivity contribution in [1.82, 2.24) is 9.97 Å². The van der Waals surface area contributed by atoms with Crippen LogP contribution in [0.4, 0.5) is 10.2 Å². The van der Waals surface area contributed by atoms with Crippen molar-refractivity contribution in [2.45, 2.75) is 20.3 Å². The predicted octanol–water partition coefficient (Wildman–Crippen LogP) is 3.37. The van der Waals surface area contributed by atoms with E-state index in [1.807, 2.05) is 6.92 Å². The van der Waals surface area contributed by atoms with Crippen LogP contribution in [0.3, 0.4) is 0 Å². The Balaban J connectivity index is 2.79. The molecule has 0 spiro atoms. The third kappa shape index (κ3) is 4.91. The van der Waals surface area contributed by atoms with E-state index in [2.05, 4.69) is 21.9 Å². The van der Waals surface area contributed by atoms with Gasteiger partial charge in [-0.1, -0.05) is 13.5 Å². The molecule has 19 heavy (non-hydrogen) atoms. The molecule has 0 fully saturated rings. The molecule has 0 amide bonds. The summed E-state index contributed by atoms with van der Waals surface area (Å²) in [4.78, 5) is 8.31. The van der Waals surface area contributed by atoms with Gasteiger partial charge in [-0.25, -0.2) is 14.4 Å². The molecule has 0 aliphatic carbocycles. The maximum absolute atomic E-state index is 13.8. The number of ether oxygens (including phenoxy) is 1. The lowest BCUT2D eigenvalue weighted by Gasteiger charge is -2.06. The van der Waals surface area contributed by atoms with Crippen LogP contribution in [0.15, 0.2) is 48.3 Å². The third-order valence-corrected chi connectivity index (χ3v) is 2.37. The van der Waals surface area contributed by atoms with Crippen molar-refractivity contribution in [2.75, 3.05) is 12.4 Å². The van der Waals surface area contributed by atoms with E-state index >= 15 is 0 Å². The number of halogens is 1. The highest BCUT2D eigenvalue weighted by atomic mass is 19.1. The molecular formula is C14H18FN3O. The SMILES string of the molecule is C=C(/C=C\C(F)=C(/C)Nc1ccnc(CC)n1)OC. The van der Waals surface area contributed by atoms with E-state index < -0.39 is 5.83 Å². The van der Waals surface area contributed by atoms with Crippen LogP contribution in [0.25, 0.3) is 0 Å². The molecule has 4 nitrogen and oxygen atoms in total. The highest BCUT2D eigenvalue weighted by Gasteiger charge is 2.01. The number of aromatic nitrogens is 2. The molecule has 0 saturated carbocycles. The summed E-state index contributed by atoms with van der Waals surface area (Å²) in [6.07, 6.45) is 5.12. The van der Waals surface area contributed by atoms with Crippen LogP contribution in [0.1, 0.15) is 19.7 Å². The molecule has 0 atom stereocenters. The average molecular weight is 263 g/mol. The predicted molar refractivity (Wildman–Crippen MR) is 74.1 cm³/mol. The quantitative estimate of drug-likeness (QED) is 0.631. The standard InChI is InChI=1S/C14H18FN3O/c1-5-13-16-9-8-14(18-13)17-11(3)12(15)7-6-10(2)19-4/h6-9H,2,5H2,1,3-4H3,(H,16,17,18)/b7-6-,12-11-. The number of anilines is 1. The van der Waals surface area contributed by atoms with Crippen LogP contribution in [0, 0.1) is 0 Å². The Hall–Kier alpha value is -2.17. The van der Waals surface area contributed by atoms with Crippen LogP contribution in [0.2, 0.25) is 0 Å². The second-order valence-corrected chi connectivity index (χ2v) is 3.81. The van der Waals surface area contributed by atoms with Crippen molar-refractivity contribution in [3.05, 3.63) is 54.1 Å². The van der Waals surface area contributed by atoms with Gasteiger partial charge in [-0.15, -0.1) is 0 Å². The highest BCUT2D eigenvalue weighted by molar-refractivity contribution is 5.42. The molecule has 0 aromatic carbocycles. The van der Waals surface area contributed by atoms with Crippen LogP contribution in [-0.2, 0) is 11.2 Å². The summed E-state index contributed by atoms with van der Waals surface area (Å²) >= 11 is 0. The minimum Gasteiger partial charge on any atom is -0.497 e. The van der Waals surface area contributed by atoms with Crippen LogP contribution >= 0.6 is 0 Å². The molecule has 1 rings (SSSR count). The minimum atomic E-state index is -0.408. The Kier molecular flexibility index (Phi) is 5.73. The fraction of sp³-hybridized carbons (Fsp3) is 0.286. The Labute approximate surface area is 112 Å². The van der Waals surface area contributed by atoms with Crippen LogP contribution in [0.5, 0.6) is 0 Å². The van der Waals surface area contributed by atoms with E-state index in [4.69, 9.17) is 4.74 Å². The molecule has 1 heterocycles. The van der Waals surface area contributed by atoms with Gasteiger partial charge in [0.1, 0.15) is 23.2 Å². The van der Waals surface area contributed by atoms with Crippen molar-refractivity contribution < 1.29 is 9.13 Å². The summed E-state index contributed by atoms with van der Waals surface area (Å²) in [7, 11) is 1.48. The van der Waals surface area contributed by atoms with Gasteiger partial charge in [0.25, 0.3) is 0 Å². The first kappa shape index (κ1) is 14.9. The van der Waals surface area contributed by atoms with E-state index in [9.17, 15) is 4.39 Å². The number of methoxy groups -OCH3 is 1. The highest BCUT2D eigenvalue weighted by Crippen LogP contribution is 2.12. The Morgan fingerprint density at radius 1 is 1.53 bits per heavy atom. The average Bonchev–Trinajstić information content (AvgIpc) is 2.44. The first-order chi connectivity index (χ1) is 9.06.